The number of aliphatic imine (C=N–C) groups is 1. The van der Waals surface area contributed by atoms with Crippen LogP contribution in [0.4, 0.5) is 0 Å². The van der Waals surface area contributed by atoms with Crippen molar-refractivity contribution in [2.45, 2.75) is 159 Å². The summed E-state index contributed by atoms with van der Waals surface area (Å²) >= 11 is 0. The first-order valence-electron chi connectivity index (χ1n) is 17.3. The van der Waals surface area contributed by atoms with Gasteiger partial charge in [0.15, 0.2) is 0 Å². The molecule has 0 spiro atoms. The van der Waals surface area contributed by atoms with E-state index in [1.807, 2.05) is 0 Å². The zero-order valence-electron chi connectivity index (χ0n) is 34.3. The number of allylic oxidation sites excluding steroid dienone is 1. The Morgan fingerprint density at radius 3 is 1.13 bits per heavy atom. The molecule has 0 N–H and O–H groups in total. The SMILES string of the molecule is Cc1c(C)c(C)c(/C=C(\C#N)C(C(C)(C)C)C(C)(C)C)c(C)c1C.Cc1c(C)c(C)c(CN=C(C(C)(C)C)C(C)(C)C)c(C)c1C. The summed E-state index contributed by atoms with van der Waals surface area (Å²) in [5.41, 5.74) is 18.8. The van der Waals surface area contributed by atoms with Crippen molar-refractivity contribution in [3.05, 3.63) is 72.3 Å². The molecule has 256 valence electrons. The second-order valence-electron chi connectivity index (χ2n) is 18.2. The molecule has 0 aromatic heterocycles. The Morgan fingerprint density at radius 2 is 0.848 bits per heavy atom. The highest BCUT2D eigenvalue weighted by molar-refractivity contribution is 5.93. The van der Waals surface area contributed by atoms with Crippen LogP contribution in [0, 0.1) is 108 Å². The average Bonchev–Trinajstić information content (AvgIpc) is 2.89. The van der Waals surface area contributed by atoms with Crippen molar-refractivity contribution in [2.24, 2.45) is 32.6 Å². The van der Waals surface area contributed by atoms with Crippen LogP contribution in [0.3, 0.4) is 0 Å². The van der Waals surface area contributed by atoms with E-state index in [1.54, 1.807) is 0 Å². The first-order chi connectivity index (χ1) is 20.5. The lowest BCUT2D eigenvalue weighted by atomic mass is 9.63. The maximum atomic E-state index is 9.94. The van der Waals surface area contributed by atoms with Crippen molar-refractivity contribution in [1.29, 1.82) is 5.26 Å². The van der Waals surface area contributed by atoms with Gasteiger partial charge in [-0.25, -0.2) is 0 Å². The molecule has 0 aliphatic heterocycles. The van der Waals surface area contributed by atoms with Crippen LogP contribution in [-0.2, 0) is 6.54 Å². The van der Waals surface area contributed by atoms with E-state index in [9.17, 15) is 5.26 Å². The topological polar surface area (TPSA) is 36.1 Å². The molecule has 0 unspecified atom stereocenters. The van der Waals surface area contributed by atoms with E-state index in [0.717, 1.165) is 12.1 Å². The summed E-state index contributed by atoms with van der Waals surface area (Å²) in [7, 11) is 0. The molecule has 0 saturated heterocycles. The van der Waals surface area contributed by atoms with Crippen molar-refractivity contribution < 1.29 is 0 Å². The predicted octanol–water partition coefficient (Wildman–Crippen LogP) is 13.1. The fourth-order valence-electron chi connectivity index (χ4n) is 7.89. The minimum atomic E-state index is 0.0381. The van der Waals surface area contributed by atoms with Gasteiger partial charge in [0.25, 0.3) is 0 Å². The third-order valence-electron chi connectivity index (χ3n) is 10.5. The highest BCUT2D eigenvalue weighted by Gasteiger charge is 2.38. The molecule has 0 atom stereocenters. The summed E-state index contributed by atoms with van der Waals surface area (Å²) in [5, 5.41) is 9.94. The van der Waals surface area contributed by atoms with E-state index < -0.39 is 0 Å². The zero-order valence-corrected chi connectivity index (χ0v) is 34.3. The van der Waals surface area contributed by atoms with Crippen LogP contribution in [-0.4, -0.2) is 5.71 Å². The highest BCUT2D eigenvalue weighted by Crippen LogP contribution is 2.45. The maximum absolute atomic E-state index is 9.94. The van der Waals surface area contributed by atoms with E-state index >= 15 is 0 Å². The minimum Gasteiger partial charge on any atom is -0.288 e. The van der Waals surface area contributed by atoms with Crippen LogP contribution < -0.4 is 0 Å². The zero-order chi connectivity index (χ0) is 36.5. The summed E-state index contributed by atoms with van der Waals surface area (Å²) in [6, 6.07) is 2.53. The number of benzene rings is 2. The largest absolute Gasteiger partial charge is 0.288 e. The fraction of sp³-hybridized carbons (Fsp3) is 0.636. The number of rotatable bonds is 4. The Bertz CT molecular complexity index is 1430. The van der Waals surface area contributed by atoms with Gasteiger partial charge in [0, 0.05) is 28.0 Å². The molecular formula is C44H70N2. The second-order valence-corrected chi connectivity index (χ2v) is 18.2. The molecule has 0 radical (unpaired) electrons. The quantitative estimate of drug-likeness (QED) is 0.246. The highest BCUT2D eigenvalue weighted by atomic mass is 14.8. The van der Waals surface area contributed by atoms with Crippen LogP contribution in [0.5, 0.6) is 0 Å². The van der Waals surface area contributed by atoms with Gasteiger partial charge < -0.3 is 0 Å². The number of hydrogen-bond donors (Lipinski definition) is 0. The Labute approximate surface area is 286 Å². The summed E-state index contributed by atoms with van der Waals surface area (Å²) in [4.78, 5) is 5.09. The Kier molecular flexibility index (Phi) is 13.2. The Morgan fingerprint density at radius 1 is 0.543 bits per heavy atom. The van der Waals surface area contributed by atoms with Crippen LogP contribution in [0.25, 0.3) is 6.08 Å². The van der Waals surface area contributed by atoms with Gasteiger partial charge in [0.2, 0.25) is 0 Å². The molecular weight excluding hydrogens is 556 g/mol. The van der Waals surface area contributed by atoms with Crippen LogP contribution >= 0.6 is 0 Å². The van der Waals surface area contributed by atoms with Crippen LogP contribution in [0.2, 0.25) is 0 Å². The molecule has 0 amide bonds. The molecule has 2 aromatic carbocycles. The van der Waals surface area contributed by atoms with Crippen LogP contribution in [0.15, 0.2) is 10.6 Å². The fourth-order valence-corrected chi connectivity index (χ4v) is 7.89. The summed E-state index contributed by atoms with van der Waals surface area (Å²) in [6.07, 6.45) is 2.16. The van der Waals surface area contributed by atoms with Gasteiger partial charge in [0.1, 0.15) is 0 Å². The van der Waals surface area contributed by atoms with Crippen LogP contribution in [0.1, 0.15) is 150 Å². The maximum Gasteiger partial charge on any atom is 0.0950 e. The number of nitrogens with zero attached hydrogens (tertiary/aromatic N) is 2. The molecule has 0 aliphatic rings. The van der Waals surface area contributed by atoms with E-state index in [2.05, 4.69) is 164 Å². The average molecular weight is 627 g/mol. The first kappa shape index (κ1) is 41.4. The van der Waals surface area contributed by atoms with E-state index in [4.69, 9.17) is 4.99 Å². The van der Waals surface area contributed by atoms with Gasteiger partial charge in [0.05, 0.1) is 12.6 Å². The lowest BCUT2D eigenvalue weighted by Gasteiger charge is -2.40. The molecule has 0 aliphatic carbocycles. The molecule has 0 fully saturated rings. The predicted molar refractivity (Wildman–Crippen MR) is 206 cm³/mol. The second kappa shape index (κ2) is 14.6. The van der Waals surface area contributed by atoms with E-state index in [1.165, 1.54) is 72.5 Å². The molecule has 2 aromatic rings. The van der Waals surface area contributed by atoms with Crippen molar-refractivity contribution in [3.8, 4) is 6.07 Å². The molecule has 46 heavy (non-hydrogen) atoms. The van der Waals surface area contributed by atoms with Gasteiger partial charge in [-0.05, 0) is 153 Å². The molecule has 2 nitrogen and oxygen atoms in total. The van der Waals surface area contributed by atoms with Crippen molar-refractivity contribution in [3.63, 3.8) is 0 Å². The number of hydrogen-bond acceptors (Lipinski definition) is 2. The summed E-state index contributed by atoms with van der Waals surface area (Å²) in [6.45, 7) is 49.9. The lowest BCUT2D eigenvalue weighted by molar-refractivity contribution is 0.142. The lowest BCUT2D eigenvalue weighted by Crippen LogP contribution is -2.33. The van der Waals surface area contributed by atoms with E-state index in [-0.39, 0.29) is 27.6 Å². The van der Waals surface area contributed by atoms with Gasteiger partial charge in [-0.15, -0.1) is 0 Å². The van der Waals surface area contributed by atoms with Crippen molar-refractivity contribution in [2.75, 3.05) is 0 Å². The summed E-state index contributed by atoms with van der Waals surface area (Å²) < 4.78 is 0. The molecule has 0 heterocycles. The third-order valence-corrected chi connectivity index (χ3v) is 10.5. The van der Waals surface area contributed by atoms with Gasteiger partial charge in [-0.3, -0.25) is 4.99 Å². The Hall–Kier alpha value is -2.66. The third kappa shape index (κ3) is 9.46. The smallest absolute Gasteiger partial charge is 0.0950 e. The van der Waals surface area contributed by atoms with Gasteiger partial charge >= 0.3 is 0 Å². The van der Waals surface area contributed by atoms with Crippen molar-refractivity contribution >= 4 is 11.8 Å². The first-order valence-corrected chi connectivity index (χ1v) is 17.3. The molecule has 0 saturated carbocycles. The Balaban J connectivity index is 0.000000462. The number of nitriles is 1. The summed E-state index contributed by atoms with van der Waals surface area (Å²) in [5.74, 6) is 0.204. The monoisotopic (exact) mass is 627 g/mol. The normalized spacial score (nSPS) is 13.0. The van der Waals surface area contributed by atoms with Gasteiger partial charge in [-0.1, -0.05) is 83.1 Å². The minimum absolute atomic E-state index is 0.0381. The molecule has 0 bridgehead atoms. The van der Waals surface area contributed by atoms with Crippen molar-refractivity contribution in [1.82, 2.24) is 0 Å². The molecule has 2 heteroatoms. The molecule has 2 rings (SSSR count). The van der Waals surface area contributed by atoms with Gasteiger partial charge in [-0.2, -0.15) is 5.26 Å². The standard InChI is InChI=1S/C23H35N.C21H35N/c1-14-15(2)17(4)20(18(5)16(14)3)12-19(13-24)21(22(6,7)8)23(9,10)11;1-13-14(2)16(4)18(17(5)15(13)3)12-22-19(20(6,7)8)21(9,10)11/h12,21H,1-11H3;12H2,1-11H3/b19-12+;. The van der Waals surface area contributed by atoms with E-state index in [0.29, 0.717) is 0 Å².